The van der Waals surface area contributed by atoms with E-state index in [-0.39, 0.29) is 11.4 Å². The van der Waals surface area contributed by atoms with Crippen LogP contribution in [0.4, 0.5) is 0 Å². The Labute approximate surface area is 112 Å². The minimum absolute atomic E-state index is 0.121. The maximum absolute atomic E-state index is 12.2. The van der Waals surface area contributed by atoms with E-state index in [2.05, 4.69) is 9.82 Å². The molecule has 8 heteroatoms. The van der Waals surface area contributed by atoms with E-state index in [9.17, 15) is 13.2 Å². The highest BCUT2D eigenvalue weighted by Gasteiger charge is 2.25. The van der Waals surface area contributed by atoms with Gasteiger partial charge in [-0.3, -0.25) is 9.48 Å². The van der Waals surface area contributed by atoms with Crippen LogP contribution in [0.3, 0.4) is 0 Å². The number of hydrogen-bond donors (Lipinski definition) is 2. The number of nitrogens with one attached hydrogen (secondary N) is 1. The monoisotopic (exact) mass is 289 g/mol. The van der Waals surface area contributed by atoms with Crippen molar-refractivity contribution in [1.82, 2.24) is 14.5 Å². The van der Waals surface area contributed by atoms with Gasteiger partial charge >= 0.3 is 5.97 Å². The first-order valence-corrected chi connectivity index (χ1v) is 7.41. The third kappa shape index (κ3) is 3.32. The Morgan fingerprint density at radius 3 is 2.42 bits per heavy atom. The summed E-state index contributed by atoms with van der Waals surface area (Å²) in [5.41, 5.74) is 0.921. The van der Waals surface area contributed by atoms with Gasteiger partial charge in [0, 0.05) is 13.6 Å². The Morgan fingerprint density at radius 1 is 1.47 bits per heavy atom. The smallest absolute Gasteiger partial charge is 0.307 e. The molecule has 0 saturated heterocycles. The fourth-order valence-electron chi connectivity index (χ4n) is 1.83. The molecule has 2 N–H and O–H groups in total. The third-order valence-corrected chi connectivity index (χ3v) is 4.75. The van der Waals surface area contributed by atoms with E-state index in [1.165, 1.54) is 4.68 Å². The molecule has 1 aromatic heterocycles. The molecule has 19 heavy (non-hydrogen) atoms. The molecule has 0 aliphatic heterocycles. The number of rotatable bonds is 6. The lowest BCUT2D eigenvalue weighted by atomic mass is 10.1. The second kappa shape index (κ2) is 5.70. The van der Waals surface area contributed by atoms with Crippen molar-refractivity contribution in [3.05, 3.63) is 11.4 Å². The van der Waals surface area contributed by atoms with Crippen molar-refractivity contribution in [3.8, 4) is 0 Å². The fraction of sp³-hybridized carbons (Fsp3) is 0.636. The van der Waals surface area contributed by atoms with Crippen LogP contribution in [0.15, 0.2) is 4.90 Å². The second-order valence-electron chi connectivity index (χ2n) is 4.42. The van der Waals surface area contributed by atoms with E-state index in [1.54, 1.807) is 27.8 Å². The van der Waals surface area contributed by atoms with Crippen molar-refractivity contribution in [2.75, 3.05) is 6.54 Å². The Kier molecular flexibility index (Phi) is 4.70. The lowest BCUT2D eigenvalue weighted by Gasteiger charge is -2.11. The summed E-state index contributed by atoms with van der Waals surface area (Å²) in [6.45, 7) is 4.84. The highest BCUT2D eigenvalue weighted by molar-refractivity contribution is 7.89. The van der Waals surface area contributed by atoms with E-state index in [1.807, 2.05) is 0 Å². The van der Waals surface area contributed by atoms with E-state index in [4.69, 9.17) is 5.11 Å². The summed E-state index contributed by atoms with van der Waals surface area (Å²) in [7, 11) is -2.08. The number of sulfonamides is 1. The van der Waals surface area contributed by atoms with Crippen molar-refractivity contribution < 1.29 is 18.3 Å². The van der Waals surface area contributed by atoms with Crippen molar-refractivity contribution in [2.45, 2.75) is 32.1 Å². The van der Waals surface area contributed by atoms with Crippen LogP contribution in [-0.4, -0.2) is 35.8 Å². The Morgan fingerprint density at radius 2 is 2.05 bits per heavy atom. The van der Waals surface area contributed by atoms with E-state index in [0.29, 0.717) is 17.8 Å². The van der Waals surface area contributed by atoms with Gasteiger partial charge in [0.05, 0.1) is 17.3 Å². The van der Waals surface area contributed by atoms with Gasteiger partial charge in [0.1, 0.15) is 4.90 Å². The van der Waals surface area contributed by atoms with Crippen LogP contribution in [0.5, 0.6) is 0 Å². The largest absolute Gasteiger partial charge is 0.481 e. The molecule has 1 heterocycles. The maximum atomic E-state index is 12.2. The average molecular weight is 289 g/mol. The van der Waals surface area contributed by atoms with Crippen LogP contribution < -0.4 is 4.72 Å². The quantitative estimate of drug-likeness (QED) is 0.790. The predicted molar refractivity (Wildman–Crippen MR) is 69.3 cm³/mol. The van der Waals surface area contributed by atoms with Gasteiger partial charge in [-0.25, -0.2) is 13.1 Å². The van der Waals surface area contributed by atoms with Gasteiger partial charge in [-0.1, -0.05) is 6.92 Å². The number of aromatic nitrogens is 2. The molecular formula is C11H19N3O4S. The lowest BCUT2D eigenvalue weighted by Crippen LogP contribution is -2.33. The number of carbonyl (C=O) groups is 1. The standard InChI is InChI=1S/C11H19N3O4S/c1-5-9(11(15)16)6-12-19(17,18)10-7(2)13-14(4)8(10)3/h9,12H,5-6H2,1-4H3,(H,15,16). The number of carboxylic acids is 1. The number of aryl methyl sites for hydroxylation is 2. The molecule has 0 radical (unpaired) electrons. The molecule has 0 saturated carbocycles. The van der Waals surface area contributed by atoms with Crippen molar-refractivity contribution in [2.24, 2.45) is 13.0 Å². The molecule has 7 nitrogen and oxygen atoms in total. The topological polar surface area (TPSA) is 101 Å². The van der Waals surface area contributed by atoms with Crippen LogP contribution >= 0.6 is 0 Å². The molecule has 108 valence electrons. The molecule has 0 fully saturated rings. The first-order chi connectivity index (χ1) is 8.70. The Hall–Kier alpha value is -1.41. The van der Waals surface area contributed by atoms with Crippen LogP contribution in [0, 0.1) is 19.8 Å². The minimum atomic E-state index is -3.74. The minimum Gasteiger partial charge on any atom is -0.481 e. The second-order valence-corrected chi connectivity index (χ2v) is 6.12. The maximum Gasteiger partial charge on any atom is 0.307 e. The average Bonchev–Trinajstić information content (AvgIpc) is 2.53. The van der Waals surface area contributed by atoms with Gasteiger partial charge in [-0.05, 0) is 20.3 Å². The summed E-state index contributed by atoms with van der Waals surface area (Å²) in [6, 6.07) is 0. The normalized spacial score (nSPS) is 13.5. The molecule has 1 aromatic rings. The molecule has 1 rings (SSSR count). The van der Waals surface area contributed by atoms with Gasteiger partial charge in [0.2, 0.25) is 10.0 Å². The summed E-state index contributed by atoms with van der Waals surface area (Å²) in [5, 5.41) is 12.9. The molecule has 0 bridgehead atoms. The lowest BCUT2D eigenvalue weighted by molar-refractivity contribution is -0.141. The van der Waals surface area contributed by atoms with E-state index >= 15 is 0 Å². The molecule has 0 aliphatic rings. The molecule has 0 aromatic carbocycles. The fourth-order valence-corrected chi connectivity index (χ4v) is 3.35. The van der Waals surface area contributed by atoms with Crippen molar-refractivity contribution in [1.29, 1.82) is 0 Å². The Balaban J connectivity index is 2.96. The Bertz CT molecular complexity index is 577. The zero-order valence-electron chi connectivity index (χ0n) is 11.5. The SMILES string of the molecule is CCC(CNS(=O)(=O)c1c(C)nn(C)c1C)C(=O)O. The van der Waals surface area contributed by atoms with E-state index < -0.39 is 21.9 Å². The molecule has 1 atom stereocenters. The molecule has 1 unspecified atom stereocenters. The van der Waals surface area contributed by atoms with Crippen LogP contribution in [0.25, 0.3) is 0 Å². The summed E-state index contributed by atoms with van der Waals surface area (Å²) < 4.78 is 28.2. The summed E-state index contributed by atoms with van der Waals surface area (Å²) in [6.07, 6.45) is 0.364. The molecule has 0 spiro atoms. The summed E-state index contributed by atoms with van der Waals surface area (Å²) >= 11 is 0. The molecular weight excluding hydrogens is 270 g/mol. The number of nitrogens with zero attached hydrogens (tertiary/aromatic N) is 2. The van der Waals surface area contributed by atoms with Crippen molar-refractivity contribution >= 4 is 16.0 Å². The molecule has 0 aliphatic carbocycles. The van der Waals surface area contributed by atoms with Crippen LogP contribution in [0.2, 0.25) is 0 Å². The van der Waals surface area contributed by atoms with Gasteiger partial charge in [0.15, 0.2) is 0 Å². The zero-order valence-corrected chi connectivity index (χ0v) is 12.3. The van der Waals surface area contributed by atoms with Crippen LogP contribution in [-0.2, 0) is 21.9 Å². The van der Waals surface area contributed by atoms with Gasteiger partial charge in [0.25, 0.3) is 0 Å². The van der Waals surface area contributed by atoms with Gasteiger partial charge in [-0.15, -0.1) is 0 Å². The first-order valence-electron chi connectivity index (χ1n) is 5.93. The predicted octanol–water partition coefficient (Wildman–Crippen LogP) is 0.426. The van der Waals surface area contributed by atoms with Gasteiger partial charge < -0.3 is 5.11 Å². The molecule has 0 amide bonds. The summed E-state index contributed by atoms with van der Waals surface area (Å²) in [4.78, 5) is 11.0. The van der Waals surface area contributed by atoms with Crippen LogP contribution in [0.1, 0.15) is 24.7 Å². The number of aliphatic carboxylic acids is 1. The number of carboxylic acid groups (broad SMARTS) is 1. The first kappa shape index (κ1) is 15.6. The summed E-state index contributed by atoms with van der Waals surface area (Å²) in [5.74, 6) is -1.74. The van der Waals surface area contributed by atoms with E-state index in [0.717, 1.165) is 0 Å². The third-order valence-electron chi connectivity index (χ3n) is 3.07. The number of hydrogen-bond acceptors (Lipinski definition) is 4. The van der Waals surface area contributed by atoms with Gasteiger partial charge in [-0.2, -0.15) is 5.10 Å². The highest BCUT2D eigenvalue weighted by Crippen LogP contribution is 2.18. The van der Waals surface area contributed by atoms with Crippen molar-refractivity contribution in [3.63, 3.8) is 0 Å². The zero-order chi connectivity index (χ0) is 14.8. The highest BCUT2D eigenvalue weighted by atomic mass is 32.2.